The number of aliphatic hydroxyl groups is 1. The van der Waals surface area contributed by atoms with Crippen LogP contribution in [-0.2, 0) is 0 Å². The zero-order chi connectivity index (χ0) is 11.8. The van der Waals surface area contributed by atoms with Crippen LogP contribution in [0, 0.1) is 17.0 Å². The van der Waals surface area contributed by atoms with Gasteiger partial charge >= 0.3 is 0 Å². The zero-order valence-electron chi connectivity index (χ0n) is 8.81. The lowest BCUT2D eigenvalue weighted by Gasteiger charge is -2.26. The van der Waals surface area contributed by atoms with Crippen molar-refractivity contribution in [1.82, 2.24) is 0 Å². The molecule has 1 N–H and O–H groups in total. The smallest absolute Gasteiger partial charge is 0.160 e. The second kappa shape index (κ2) is 4.06. The first-order valence-electron chi connectivity index (χ1n) is 4.56. The number of hydrogen-bond donors (Lipinski definition) is 1. The topological polar surface area (TPSA) is 20.2 Å². The Hall–Kier alpha value is -0.670. The lowest BCUT2D eigenvalue weighted by atomic mass is 9.85. The highest BCUT2D eigenvalue weighted by atomic mass is 35.5. The molecule has 4 heteroatoms. The van der Waals surface area contributed by atoms with Gasteiger partial charge in [-0.1, -0.05) is 32.4 Å². The summed E-state index contributed by atoms with van der Waals surface area (Å²) < 4.78 is 25.7. The standard InChI is InChI=1S/C11H13ClF2O/c1-11(2,3)10(15)6-4-8(13)9(14)5-7(6)12/h4-5,10,15H,1-3H3. The second-order valence-electron chi connectivity index (χ2n) is 4.56. The van der Waals surface area contributed by atoms with Gasteiger partial charge in [0.05, 0.1) is 6.10 Å². The molecule has 0 saturated carbocycles. The number of rotatable bonds is 1. The molecule has 0 radical (unpaired) electrons. The Kier molecular flexibility index (Phi) is 3.36. The van der Waals surface area contributed by atoms with E-state index in [0.717, 1.165) is 12.1 Å². The fraction of sp³-hybridized carbons (Fsp3) is 0.455. The molecule has 0 aliphatic heterocycles. The number of hydrogen-bond acceptors (Lipinski definition) is 1. The Bertz CT molecular complexity index is 372. The maximum atomic E-state index is 13.0. The van der Waals surface area contributed by atoms with E-state index in [1.807, 2.05) is 0 Å². The van der Waals surface area contributed by atoms with Crippen molar-refractivity contribution < 1.29 is 13.9 Å². The van der Waals surface area contributed by atoms with E-state index in [-0.39, 0.29) is 10.6 Å². The summed E-state index contributed by atoms with van der Waals surface area (Å²) >= 11 is 5.74. The SMILES string of the molecule is CC(C)(C)C(O)c1cc(F)c(F)cc1Cl. The summed E-state index contributed by atoms with van der Waals surface area (Å²) in [5, 5.41) is 9.92. The Morgan fingerprint density at radius 1 is 1.20 bits per heavy atom. The second-order valence-corrected chi connectivity index (χ2v) is 4.96. The molecule has 0 heterocycles. The molecule has 0 fully saturated rings. The summed E-state index contributed by atoms with van der Waals surface area (Å²) in [5.74, 6) is -2.01. The van der Waals surface area contributed by atoms with E-state index in [2.05, 4.69) is 0 Å². The molecule has 1 aromatic rings. The fourth-order valence-corrected chi connectivity index (χ4v) is 1.47. The van der Waals surface area contributed by atoms with Gasteiger partial charge < -0.3 is 5.11 Å². The van der Waals surface area contributed by atoms with Crippen molar-refractivity contribution >= 4 is 11.6 Å². The van der Waals surface area contributed by atoms with Crippen LogP contribution in [0.4, 0.5) is 8.78 Å². The van der Waals surface area contributed by atoms with E-state index < -0.39 is 23.2 Å². The van der Waals surface area contributed by atoms with Gasteiger partial charge in [0, 0.05) is 10.6 Å². The molecule has 0 aliphatic rings. The van der Waals surface area contributed by atoms with Crippen molar-refractivity contribution in [3.63, 3.8) is 0 Å². The molecular weight excluding hydrogens is 222 g/mol. The maximum absolute atomic E-state index is 13.0. The first kappa shape index (κ1) is 12.4. The minimum Gasteiger partial charge on any atom is -0.388 e. The van der Waals surface area contributed by atoms with Gasteiger partial charge in [-0.3, -0.25) is 0 Å². The molecule has 84 valence electrons. The van der Waals surface area contributed by atoms with Gasteiger partial charge in [0.25, 0.3) is 0 Å². The predicted octanol–water partition coefficient (Wildman–Crippen LogP) is 3.70. The summed E-state index contributed by atoms with van der Waals surface area (Å²) in [6, 6.07) is 1.81. The summed E-state index contributed by atoms with van der Waals surface area (Å²) in [7, 11) is 0. The number of benzene rings is 1. The molecule has 0 aliphatic carbocycles. The quantitative estimate of drug-likeness (QED) is 0.735. The zero-order valence-corrected chi connectivity index (χ0v) is 9.57. The average molecular weight is 235 g/mol. The normalized spacial score (nSPS) is 14.1. The monoisotopic (exact) mass is 234 g/mol. The van der Waals surface area contributed by atoms with Gasteiger partial charge in [-0.05, 0) is 17.5 Å². The van der Waals surface area contributed by atoms with Crippen LogP contribution in [-0.4, -0.2) is 5.11 Å². The van der Waals surface area contributed by atoms with E-state index in [4.69, 9.17) is 11.6 Å². The van der Waals surface area contributed by atoms with E-state index in [9.17, 15) is 13.9 Å². The predicted molar refractivity (Wildman–Crippen MR) is 55.8 cm³/mol. The largest absolute Gasteiger partial charge is 0.388 e. The summed E-state index contributed by atoms with van der Waals surface area (Å²) in [4.78, 5) is 0. The first-order valence-corrected chi connectivity index (χ1v) is 4.94. The molecule has 15 heavy (non-hydrogen) atoms. The van der Waals surface area contributed by atoms with E-state index in [1.54, 1.807) is 20.8 Å². The first-order chi connectivity index (χ1) is 6.73. The lowest BCUT2D eigenvalue weighted by molar-refractivity contribution is 0.0624. The molecular formula is C11H13ClF2O. The van der Waals surface area contributed by atoms with Crippen molar-refractivity contribution in [2.24, 2.45) is 5.41 Å². The highest BCUT2D eigenvalue weighted by Gasteiger charge is 2.26. The third kappa shape index (κ3) is 2.67. The Balaban J connectivity index is 3.21. The summed E-state index contributed by atoms with van der Waals surface area (Å²) in [6.07, 6.45) is -0.930. The van der Waals surface area contributed by atoms with Gasteiger partial charge in [-0.25, -0.2) is 8.78 Å². The van der Waals surface area contributed by atoms with E-state index >= 15 is 0 Å². The Morgan fingerprint density at radius 2 is 1.67 bits per heavy atom. The van der Waals surface area contributed by atoms with Crippen molar-refractivity contribution in [2.75, 3.05) is 0 Å². The van der Waals surface area contributed by atoms with Gasteiger partial charge in [0.2, 0.25) is 0 Å². The molecule has 1 aromatic carbocycles. The minimum absolute atomic E-state index is 0.0383. The Labute approximate surface area is 92.7 Å². The van der Waals surface area contributed by atoms with Crippen molar-refractivity contribution in [1.29, 1.82) is 0 Å². The van der Waals surface area contributed by atoms with Crippen LogP contribution >= 0.6 is 11.6 Å². The summed E-state index contributed by atoms with van der Waals surface area (Å²) in [6.45, 7) is 5.36. The van der Waals surface area contributed by atoms with Gasteiger partial charge in [-0.2, -0.15) is 0 Å². The molecule has 0 spiro atoms. The highest BCUT2D eigenvalue weighted by molar-refractivity contribution is 6.31. The van der Waals surface area contributed by atoms with Crippen molar-refractivity contribution in [2.45, 2.75) is 26.9 Å². The van der Waals surface area contributed by atoms with Crippen LogP contribution in [0.3, 0.4) is 0 Å². The molecule has 1 atom stereocenters. The summed E-state index contributed by atoms with van der Waals surface area (Å²) in [5.41, 5.74) is -0.267. The molecule has 0 amide bonds. The van der Waals surface area contributed by atoms with Gasteiger partial charge in [-0.15, -0.1) is 0 Å². The molecule has 1 rings (SSSR count). The van der Waals surface area contributed by atoms with Crippen LogP contribution in [0.25, 0.3) is 0 Å². The fourth-order valence-electron chi connectivity index (χ4n) is 1.21. The maximum Gasteiger partial charge on any atom is 0.160 e. The third-order valence-electron chi connectivity index (χ3n) is 2.15. The molecule has 1 unspecified atom stereocenters. The van der Waals surface area contributed by atoms with Gasteiger partial charge in [0.15, 0.2) is 11.6 Å². The van der Waals surface area contributed by atoms with Crippen LogP contribution in [0.15, 0.2) is 12.1 Å². The number of aliphatic hydroxyl groups excluding tert-OH is 1. The van der Waals surface area contributed by atoms with Crippen LogP contribution in [0.5, 0.6) is 0 Å². The minimum atomic E-state index is -1.01. The third-order valence-corrected chi connectivity index (χ3v) is 2.48. The van der Waals surface area contributed by atoms with Crippen molar-refractivity contribution in [3.05, 3.63) is 34.4 Å². The molecule has 0 saturated heterocycles. The van der Waals surface area contributed by atoms with E-state index in [0.29, 0.717) is 0 Å². The lowest BCUT2D eigenvalue weighted by Crippen LogP contribution is -2.18. The van der Waals surface area contributed by atoms with Crippen LogP contribution in [0.1, 0.15) is 32.4 Å². The molecule has 1 nitrogen and oxygen atoms in total. The number of halogens is 3. The molecule has 0 bridgehead atoms. The van der Waals surface area contributed by atoms with Crippen LogP contribution < -0.4 is 0 Å². The van der Waals surface area contributed by atoms with Crippen LogP contribution in [0.2, 0.25) is 5.02 Å². The Morgan fingerprint density at radius 3 is 2.13 bits per heavy atom. The highest BCUT2D eigenvalue weighted by Crippen LogP contribution is 2.36. The molecule has 0 aromatic heterocycles. The van der Waals surface area contributed by atoms with Gasteiger partial charge in [0.1, 0.15) is 0 Å². The van der Waals surface area contributed by atoms with Crippen molar-refractivity contribution in [3.8, 4) is 0 Å². The average Bonchev–Trinajstić information content (AvgIpc) is 2.08. The van der Waals surface area contributed by atoms with E-state index in [1.165, 1.54) is 0 Å².